The molecule has 1 heterocycles. The summed E-state index contributed by atoms with van der Waals surface area (Å²) < 4.78 is 10.9. The molecular formula is C29H23NO4. The van der Waals surface area contributed by atoms with E-state index in [0.29, 0.717) is 36.3 Å². The molecule has 5 rings (SSSR count). The number of carbonyl (C=O) groups excluding carboxylic acids is 2. The number of rotatable bonds is 5. The Morgan fingerprint density at radius 3 is 2.32 bits per heavy atom. The summed E-state index contributed by atoms with van der Waals surface area (Å²) in [6.07, 6.45) is 2.08. The van der Waals surface area contributed by atoms with Gasteiger partial charge in [-0.2, -0.15) is 5.26 Å². The van der Waals surface area contributed by atoms with Crippen LogP contribution in [0, 0.1) is 22.7 Å². The SMILES string of the molecule is C=C1CC2COC(=O)C2(Cc2ccc(C(=O)Oc3ccc(-c4ccc(C#N)cc4)cc3)cc2)C1. The molecule has 168 valence electrons. The van der Waals surface area contributed by atoms with Crippen LogP contribution >= 0.6 is 0 Å². The molecule has 2 fully saturated rings. The van der Waals surface area contributed by atoms with Crippen molar-refractivity contribution in [2.24, 2.45) is 11.3 Å². The summed E-state index contributed by atoms with van der Waals surface area (Å²) in [4.78, 5) is 25.1. The van der Waals surface area contributed by atoms with Gasteiger partial charge in [-0.1, -0.05) is 48.6 Å². The van der Waals surface area contributed by atoms with Crippen LogP contribution in [0.4, 0.5) is 0 Å². The van der Waals surface area contributed by atoms with Crippen molar-refractivity contribution in [2.75, 3.05) is 6.61 Å². The van der Waals surface area contributed by atoms with Gasteiger partial charge in [-0.3, -0.25) is 4.79 Å². The Kier molecular flexibility index (Phi) is 5.51. The number of benzene rings is 3. The Morgan fingerprint density at radius 2 is 1.68 bits per heavy atom. The molecule has 5 heteroatoms. The first-order valence-corrected chi connectivity index (χ1v) is 11.2. The number of fused-ring (bicyclic) bond motifs is 1. The van der Waals surface area contributed by atoms with E-state index in [0.717, 1.165) is 28.7 Å². The molecule has 2 atom stereocenters. The smallest absolute Gasteiger partial charge is 0.343 e. The Labute approximate surface area is 198 Å². The predicted molar refractivity (Wildman–Crippen MR) is 127 cm³/mol. The standard InChI is InChI=1S/C29H23NO4/c1-19-14-25-18-33-28(32)29(25,15-19)16-20-2-8-24(9-3-20)27(31)34-26-12-10-23(11-13-26)22-6-4-21(17-30)5-7-22/h2-13,25H,1,14-16,18H2. The van der Waals surface area contributed by atoms with E-state index in [1.165, 1.54) is 0 Å². The molecule has 5 nitrogen and oxygen atoms in total. The average Bonchev–Trinajstić information content (AvgIpc) is 3.33. The van der Waals surface area contributed by atoms with Gasteiger partial charge in [0.2, 0.25) is 0 Å². The second-order valence-electron chi connectivity index (χ2n) is 9.06. The zero-order chi connectivity index (χ0) is 23.7. The molecule has 34 heavy (non-hydrogen) atoms. The number of ether oxygens (including phenoxy) is 2. The van der Waals surface area contributed by atoms with Crippen molar-refractivity contribution < 1.29 is 19.1 Å². The fourth-order valence-electron chi connectivity index (χ4n) is 5.00. The lowest BCUT2D eigenvalue weighted by molar-refractivity contribution is -0.146. The highest BCUT2D eigenvalue weighted by molar-refractivity contribution is 5.91. The van der Waals surface area contributed by atoms with Gasteiger partial charge in [0.15, 0.2) is 0 Å². The van der Waals surface area contributed by atoms with Crippen LogP contribution in [-0.2, 0) is 16.0 Å². The van der Waals surface area contributed by atoms with Gasteiger partial charge in [-0.05, 0) is 72.4 Å². The minimum absolute atomic E-state index is 0.135. The molecular weight excluding hydrogens is 426 g/mol. The van der Waals surface area contributed by atoms with Crippen LogP contribution in [0.1, 0.15) is 34.3 Å². The Hall–Kier alpha value is -4.17. The molecule has 2 unspecified atom stereocenters. The minimum Gasteiger partial charge on any atom is -0.465 e. The van der Waals surface area contributed by atoms with E-state index in [9.17, 15) is 9.59 Å². The largest absolute Gasteiger partial charge is 0.465 e. The second-order valence-corrected chi connectivity index (χ2v) is 9.06. The first-order chi connectivity index (χ1) is 16.5. The van der Waals surface area contributed by atoms with Crippen LogP contribution in [0.25, 0.3) is 11.1 Å². The van der Waals surface area contributed by atoms with Crippen molar-refractivity contribution in [2.45, 2.75) is 19.3 Å². The summed E-state index contributed by atoms with van der Waals surface area (Å²) in [6, 6.07) is 23.9. The van der Waals surface area contributed by atoms with E-state index in [1.807, 2.05) is 36.4 Å². The molecule has 3 aromatic rings. The number of carbonyl (C=O) groups is 2. The van der Waals surface area contributed by atoms with Crippen LogP contribution in [0.2, 0.25) is 0 Å². The molecule has 1 saturated carbocycles. The van der Waals surface area contributed by atoms with Crippen molar-refractivity contribution in [3.05, 3.63) is 102 Å². The van der Waals surface area contributed by atoms with E-state index < -0.39 is 11.4 Å². The summed E-state index contributed by atoms with van der Waals surface area (Å²) in [5.74, 6) is 0.0584. The maximum Gasteiger partial charge on any atom is 0.343 e. The summed E-state index contributed by atoms with van der Waals surface area (Å²) in [6.45, 7) is 4.55. The van der Waals surface area contributed by atoms with Crippen LogP contribution in [0.3, 0.4) is 0 Å². The maximum absolute atomic E-state index is 12.6. The number of nitriles is 1. The fraction of sp³-hybridized carbons (Fsp3) is 0.207. The van der Waals surface area contributed by atoms with E-state index in [2.05, 4.69) is 12.6 Å². The van der Waals surface area contributed by atoms with Crippen LogP contribution < -0.4 is 4.74 Å². The van der Waals surface area contributed by atoms with Crippen molar-refractivity contribution in [3.63, 3.8) is 0 Å². The molecule has 3 aromatic carbocycles. The Bertz CT molecular complexity index is 1300. The van der Waals surface area contributed by atoms with Gasteiger partial charge in [0.1, 0.15) is 5.75 Å². The summed E-state index contributed by atoms with van der Waals surface area (Å²) >= 11 is 0. The number of hydrogen-bond donors (Lipinski definition) is 0. The van der Waals surface area contributed by atoms with Gasteiger partial charge in [0.25, 0.3) is 0 Å². The Balaban J connectivity index is 1.24. The molecule has 0 spiro atoms. The quantitative estimate of drug-likeness (QED) is 0.292. The van der Waals surface area contributed by atoms with Gasteiger partial charge in [-0.25, -0.2) is 4.79 Å². The molecule has 0 aromatic heterocycles. The van der Waals surface area contributed by atoms with Gasteiger partial charge in [-0.15, -0.1) is 0 Å². The van der Waals surface area contributed by atoms with Crippen molar-refractivity contribution in [3.8, 4) is 22.9 Å². The fourth-order valence-corrected chi connectivity index (χ4v) is 5.00. The van der Waals surface area contributed by atoms with Gasteiger partial charge in [0.05, 0.1) is 29.2 Å². The number of cyclic esters (lactones) is 1. The molecule has 0 amide bonds. The number of hydrogen-bond acceptors (Lipinski definition) is 5. The summed E-state index contributed by atoms with van der Waals surface area (Å²) in [5, 5.41) is 8.93. The van der Waals surface area contributed by atoms with E-state index >= 15 is 0 Å². The lowest BCUT2D eigenvalue weighted by Gasteiger charge is -2.24. The second kappa shape index (κ2) is 8.64. The zero-order valence-corrected chi connectivity index (χ0v) is 18.6. The first-order valence-electron chi connectivity index (χ1n) is 11.2. The lowest BCUT2D eigenvalue weighted by Crippen LogP contribution is -2.31. The topological polar surface area (TPSA) is 76.4 Å². The lowest BCUT2D eigenvalue weighted by atomic mass is 9.75. The minimum atomic E-state index is -0.518. The highest BCUT2D eigenvalue weighted by atomic mass is 16.5. The number of esters is 2. The number of allylic oxidation sites excluding steroid dienone is 1. The van der Waals surface area contributed by atoms with E-state index in [-0.39, 0.29) is 11.9 Å². The van der Waals surface area contributed by atoms with Gasteiger partial charge < -0.3 is 9.47 Å². The molecule has 0 N–H and O–H groups in total. The molecule has 1 aliphatic carbocycles. The highest BCUT2D eigenvalue weighted by Gasteiger charge is 2.55. The monoisotopic (exact) mass is 449 g/mol. The van der Waals surface area contributed by atoms with E-state index in [4.69, 9.17) is 14.7 Å². The maximum atomic E-state index is 12.6. The third-order valence-corrected chi connectivity index (χ3v) is 6.83. The van der Waals surface area contributed by atoms with Crippen LogP contribution in [0.15, 0.2) is 84.9 Å². The summed E-state index contributed by atoms with van der Waals surface area (Å²) in [5.41, 5.74) is 4.57. The molecule has 2 aliphatic rings. The van der Waals surface area contributed by atoms with Crippen molar-refractivity contribution in [1.29, 1.82) is 5.26 Å². The van der Waals surface area contributed by atoms with Gasteiger partial charge in [0, 0.05) is 5.92 Å². The molecule has 0 bridgehead atoms. The third-order valence-electron chi connectivity index (χ3n) is 6.83. The number of nitrogens with zero attached hydrogens (tertiary/aromatic N) is 1. The van der Waals surface area contributed by atoms with Crippen molar-refractivity contribution in [1.82, 2.24) is 0 Å². The summed E-state index contributed by atoms with van der Waals surface area (Å²) in [7, 11) is 0. The van der Waals surface area contributed by atoms with Crippen LogP contribution in [-0.4, -0.2) is 18.5 Å². The molecule has 0 radical (unpaired) electrons. The third kappa shape index (κ3) is 3.99. The highest BCUT2D eigenvalue weighted by Crippen LogP contribution is 2.52. The molecule has 1 saturated heterocycles. The predicted octanol–water partition coefficient (Wildman–Crippen LogP) is 5.50. The molecule has 1 aliphatic heterocycles. The van der Waals surface area contributed by atoms with E-state index in [1.54, 1.807) is 36.4 Å². The average molecular weight is 450 g/mol. The Morgan fingerprint density at radius 1 is 1.03 bits per heavy atom. The van der Waals surface area contributed by atoms with Crippen LogP contribution in [0.5, 0.6) is 5.75 Å². The zero-order valence-electron chi connectivity index (χ0n) is 18.6. The first kappa shape index (κ1) is 21.7. The van der Waals surface area contributed by atoms with Crippen molar-refractivity contribution >= 4 is 11.9 Å². The normalized spacial score (nSPS) is 21.0. The van der Waals surface area contributed by atoms with Gasteiger partial charge >= 0.3 is 11.9 Å².